The Morgan fingerprint density at radius 2 is 1.79 bits per heavy atom. The summed E-state index contributed by atoms with van der Waals surface area (Å²) in [4.78, 5) is 1.20. The molecule has 2 aromatic rings. The van der Waals surface area contributed by atoms with Crippen molar-refractivity contribution in [3.8, 4) is 11.8 Å². The molecule has 0 bridgehead atoms. The lowest BCUT2D eigenvalue weighted by Gasteiger charge is -1.96. The molecule has 0 N–H and O–H groups in total. The number of benzene rings is 1. The molecule has 0 spiro atoms. The molecule has 0 nitrogen and oxygen atoms in total. The summed E-state index contributed by atoms with van der Waals surface area (Å²) in [6, 6.07) is 10.7. The van der Waals surface area contributed by atoms with Gasteiger partial charge in [0.15, 0.2) is 0 Å². The topological polar surface area (TPSA) is 0 Å². The molecule has 0 saturated carbocycles. The third-order valence-electron chi connectivity index (χ3n) is 3.29. The summed E-state index contributed by atoms with van der Waals surface area (Å²) in [5.74, 6) is 6.62. The highest BCUT2D eigenvalue weighted by Gasteiger charge is 1.97. The van der Waals surface area contributed by atoms with Gasteiger partial charge in [0.05, 0.1) is 4.88 Å². The van der Waals surface area contributed by atoms with Gasteiger partial charge in [-0.25, -0.2) is 0 Å². The van der Waals surface area contributed by atoms with Crippen LogP contribution in [0.4, 0.5) is 0 Å². The molecule has 1 aromatic carbocycles. The molecule has 0 aliphatic carbocycles. The van der Waals surface area contributed by atoms with Crippen molar-refractivity contribution in [2.75, 3.05) is 0 Å². The van der Waals surface area contributed by atoms with Crippen molar-refractivity contribution >= 4 is 21.4 Å². The largest absolute Gasteiger partial charge is 0.127 e. The van der Waals surface area contributed by atoms with Crippen LogP contribution in [0, 0.1) is 11.8 Å². The molecule has 1 heteroatoms. The van der Waals surface area contributed by atoms with Crippen molar-refractivity contribution in [1.29, 1.82) is 0 Å². The van der Waals surface area contributed by atoms with Gasteiger partial charge in [-0.05, 0) is 23.9 Å². The first-order valence-electron chi connectivity index (χ1n) is 7.37. The summed E-state index contributed by atoms with van der Waals surface area (Å²) in [5.41, 5.74) is 0. The molecular formula is C18H22S. The number of unbranched alkanes of at least 4 members (excludes halogenated alkanes) is 6. The number of fused-ring (bicyclic) bond motifs is 1. The zero-order chi connectivity index (χ0) is 13.3. The SMILES string of the molecule is CCCCCCCCC#Cc1cc2ccccc2s1. The quantitative estimate of drug-likeness (QED) is 0.446. The van der Waals surface area contributed by atoms with Gasteiger partial charge >= 0.3 is 0 Å². The lowest BCUT2D eigenvalue weighted by Crippen LogP contribution is -1.77. The lowest BCUT2D eigenvalue weighted by molar-refractivity contribution is 0.614. The van der Waals surface area contributed by atoms with Crippen molar-refractivity contribution in [3.63, 3.8) is 0 Å². The third-order valence-corrected chi connectivity index (χ3v) is 4.32. The smallest absolute Gasteiger partial charge is 0.0781 e. The molecule has 0 saturated heterocycles. The van der Waals surface area contributed by atoms with Crippen molar-refractivity contribution in [1.82, 2.24) is 0 Å². The monoisotopic (exact) mass is 270 g/mol. The fourth-order valence-corrected chi connectivity index (χ4v) is 3.12. The van der Waals surface area contributed by atoms with Gasteiger partial charge in [0, 0.05) is 11.1 Å². The van der Waals surface area contributed by atoms with E-state index in [4.69, 9.17) is 0 Å². The maximum Gasteiger partial charge on any atom is 0.0781 e. The van der Waals surface area contributed by atoms with E-state index >= 15 is 0 Å². The Kier molecular flexibility index (Phi) is 5.98. The second-order valence-corrected chi connectivity index (χ2v) is 6.05. The average molecular weight is 270 g/mol. The van der Waals surface area contributed by atoms with E-state index in [0.29, 0.717) is 0 Å². The summed E-state index contributed by atoms with van der Waals surface area (Å²) < 4.78 is 1.34. The Labute approximate surface area is 120 Å². The highest BCUT2D eigenvalue weighted by atomic mass is 32.1. The van der Waals surface area contributed by atoms with E-state index < -0.39 is 0 Å². The molecule has 2 rings (SSSR count). The molecule has 19 heavy (non-hydrogen) atoms. The molecule has 0 aliphatic rings. The van der Waals surface area contributed by atoms with Gasteiger partial charge in [-0.1, -0.05) is 69.1 Å². The van der Waals surface area contributed by atoms with Crippen LogP contribution in [0.1, 0.15) is 56.7 Å². The highest BCUT2D eigenvalue weighted by Crippen LogP contribution is 2.24. The second kappa shape index (κ2) is 8.02. The molecular weight excluding hydrogens is 248 g/mol. The predicted octanol–water partition coefficient (Wildman–Crippen LogP) is 6.00. The van der Waals surface area contributed by atoms with Crippen LogP contribution in [0.5, 0.6) is 0 Å². The highest BCUT2D eigenvalue weighted by molar-refractivity contribution is 7.19. The van der Waals surface area contributed by atoms with Crippen molar-refractivity contribution < 1.29 is 0 Å². The molecule has 0 aliphatic heterocycles. The lowest BCUT2D eigenvalue weighted by atomic mass is 10.1. The normalized spacial score (nSPS) is 10.4. The Morgan fingerprint density at radius 1 is 1.00 bits per heavy atom. The second-order valence-electron chi connectivity index (χ2n) is 4.97. The predicted molar refractivity (Wildman–Crippen MR) is 86.7 cm³/mol. The maximum absolute atomic E-state index is 3.31. The molecule has 0 fully saturated rings. The van der Waals surface area contributed by atoms with E-state index in [0.717, 1.165) is 6.42 Å². The van der Waals surface area contributed by atoms with Crippen LogP contribution >= 0.6 is 11.3 Å². The molecule has 0 amide bonds. The zero-order valence-corrected chi connectivity index (χ0v) is 12.6. The summed E-state index contributed by atoms with van der Waals surface area (Å²) in [6.07, 6.45) is 9.10. The molecule has 0 atom stereocenters. The average Bonchev–Trinajstić information content (AvgIpc) is 2.84. The van der Waals surface area contributed by atoms with E-state index in [-0.39, 0.29) is 0 Å². The summed E-state index contributed by atoms with van der Waals surface area (Å²) >= 11 is 1.80. The summed E-state index contributed by atoms with van der Waals surface area (Å²) in [5, 5.41) is 1.32. The van der Waals surface area contributed by atoms with Crippen molar-refractivity contribution in [2.45, 2.75) is 51.9 Å². The van der Waals surface area contributed by atoms with E-state index in [1.807, 2.05) is 0 Å². The molecule has 0 radical (unpaired) electrons. The van der Waals surface area contributed by atoms with Crippen LogP contribution in [0.25, 0.3) is 10.1 Å². The van der Waals surface area contributed by atoms with Crippen molar-refractivity contribution in [2.24, 2.45) is 0 Å². The Hall–Kier alpha value is -1.26. The number of rotatable bonds is 6. The minimum Gasteiger partial charge on any atom is -0.127 e. The van der Waals surface area contributed by atoms with Crippen LogP contribution in [0.3, 0.4) is 0 Å². The minimum absolute atomic E-state index is 1.04. The fraction of sp³-hybridized carbons (Fsp3) is 0.444. The van der Waals surface area contributed by atoms with Crippen LogP contribution in [0.2, 0.25) is 0 Å². The van der Waals surface area contributed by atoms with Gasteiger partial charge in [0.2, 0.25) is 0 Å². The van der Waals surface area contributed by atoms with Gasteiger partial charge < -0.3 is 0 Å². The molecule has 1 aromatic heterocycles. The maximum atomic E-state index is 3.31. The third kappa shape index (κ3) is 4.73. The standard InChI is InChI=1S/C18H22S/c1-2-3-4-5-6-7-8-9-13-17-15-16-12-10-11-14-18(16)19-17/h10-12,14-15H,2-8H2,1H3. The molecule has 1 heterocycles. The Morgan fingerprint density at radius 3 is 2.63 bits per heavy atom. The first-order valence-corrected chi connectivity index (χ1v) is 8.19. The minimum atomic E-state index is 1.04. The van der Waals surface area contributed by atoms with E-state index in [2.05, 4.69) is 49.1 Å². The van der Waals surface area contributed by atoms with Crippen LogP contribution in [-0.4, -0.2) is 0 Å². The molecule has 100 valence electrons. The first-order chi connectivity index (χ1) is 9.40. The van der Waals surface area contributed by atoms with Gasteiger partial charge in [-0.3, -0.25) is 0 Å². The first kappa shape index (κ1) is 14.2. The summed E-state index contributed by atoms with van der Waals surface area (Å²) in [7, 11) is 0. The van der Waals surface area contributed by atoms with Crippen LogP contribution < -0.4 is 0 Å². The van der Waals surface area contributed by atoms with Crippen LogP contribution in [0.15, 0.2) is 30.3 Å². The van der Waals surface area contributed by atoms with Gasteiger partial charge in [-0.15, -0.1) is 11.3 Å². The van der Waals surface area contributed by atoms with E-state index in [1.54, 1.807) is 11.3 Å². The van der Waals surface area contributed by atoms with E-state index in [1.165, 1.54) is 53.5 Å². The zero-order valence-electron chi connectivity index (χ0n) is 11.7. The Bertz CT molecular complexity index is 521. The summed E-state index contributed by atoms with van der Waals surface area (Å²) in [6.45, 7) is 2.26. The van der Waals surface area contributed by atoms with Gasteiger partial charge in [0.25, 0.3) is 0 Å². The number of hydrogen-bond acceptors (Lipinski definition) is 1. The number of hydrogen-bond donors (Lipinski definition) is 0. The van der Waals surface area contributed by atoms with Crippen molar-refractivity contribution in [3.05, 3.63) is 35.2 Å². The Balaban J connectivity index is 1.74. The van der Waals surface area contributed by atoms with Gasteiger partial charge in [0.1, 0.15) is 0 Å². The van der Waals surface area contributed by atoms with Gasteiger partial charge in [-0.2, -0.15) is 0 Å². The van der Waals surface area contributed by atoms with Crippen LogP contribution in [-0.2, 0) is 0 Å². The molecule has 0 unspecified atom stereocenters. The van der Waals surface area contributed by atoms with E-state index in [9.17, 15) is 0 Å². The fourth-order valence-electron chi connectivity index (χ4n) is 2.19. The number of thiophene rings is 1.